The Morgan fingerprint density at radius 2 is 2.00 bits per heavy atom. The largest absolute Gasteiger partial charge is 0.497 e. The third kappa shape index (κ3) is 4.40. The summed E-state index contributed by atoms with van der Waals surface area (Å²) in [4.78, 5) is 36.3. The summed E-state index contributed by atoms with van der Waals surface area (Å²) in [6, 6.07) is 12.1. The molecular weight excluding hydrogens is 428 g/mol. The second-order valence-corrected chi connectivity index (χ2v) is 7.01. The quantitative estimate of drug-likeness (QED) is 0.566. The number of halogens is 1. The van der Waals surface area contributed by atoms with Gasteiger partial charge in [-0.2, -0.15) is 0 Å². The Kier molecular flexibility index (Phi) is 5.79. The molecule has 1 aromatic heterocycles. The smallest absolute Gasteiger partial charge is 0.336 e. The molecule has 0 aliphatic rings. The maximum Gasteiger partial charge on any atom is 0.336 e. The molecule has 1 heterocycles. The van der Waals surface area contributed by atoms with Crippen LogP contribution in [0.2, 0.25) is 0 Å². The van der Waals surface area contributed by atoms with Gasteiger partial charge in [0.15, 0.2) is 0 Å². The first-order chi connectivity index (χ1) is 13.4. The monoisotopic (exact) mass is 444 g/mol. The van der Waals surface area contributed by atoms with Gasteiger partial charge in [0, 0.05) is 34.0 Å². The molecule has 2 aromatic carbocycles. The molecule has 144 valence electrons. The third-order valence-electron chi connectivity index (χ3n) is 4.20. The van der Waals surface area contributed by atoms with Gasteiger partial charge in [-0.05, 0) is 35.9 Å². The number of fused-ring (bicyclic) bond motifs is 1. The molecule has 7 nitrogen and oxygen atoms in total. The normalized spacial score (nSPS) is 11.8. The minimum Gasteiger partial charge on any atom is -0.497 e. The van der Waals surface area contributed by atoms with Crippen LogP contribution in [0, 0.1) is 0 Å². The van der Waals surface area contributed by atoms with Gasteiger partial charge in [0.2, 0.25) is 5.91 Å². The summed E-state index contributed by atoms with van der Waals surface area (Å²) in [6.07, 6.45) is 0.0451. The van der Waals surface area contributed by atoms with Crippen molar-refractivity contribution in [2.24, 2.45) is 5.73 Å². The first-order valence-electron chi connectivity index (χ1n) is 8.34. The molecule has 0 fully saturated rings. The fourth-order valence-corrected chi connectivity index (χ4v) is 3.22. The molecule has 1 atom stereocenters. The summed E-state index contributed by atoms with van der Waals surface area (Å²) in [5, 5.41) is 3.25. The SMILES string of the molecule is COc1ccc2c(C[C@H](NC(=O)c3cccc(Br)c3)C(N)=O)cc(=O)oc2c1. The Balaban J connectivity index is 1.91. The highest BCUT2D eigenvalue weighted by molar-refractivity contribution is 9.10. The van der Waals surface area contributed by atoms with Gasteiger partial charge in [-0.15, -0.1) is 0 Å². The number of rotatable bonds is 6. The number of carbonyl (C=O) groups excluding carboxylic acids is 2. The summed E-state index contributed by atoms with van der Waals surface area (Å²) < 4.78 is 11.1. The minimum atomic E-state index is -1.00. The Labute approximate surface area is 168 Å². The van der Waals surface area contributed by atoms with Gasteiger partial charge in [-0.1, -0.05) is 22.0 Å². The molecule has 3 N–H and O–H groups in total. The Morgan fingerprint density at radius 3 is 2.68 bits per heavy atom. The van der Waals surface area contributed by atoms with Crippen LogP contribution in [0.25, 0.3) is 11.0 Å². The number of amides is 2. The fraction of sp³-hybridized carbons (Fsp3) is 0.150. The van der Waals surface area contributed by atoms with Gasteiger partial charge in [-0.25, -0.2) is 4.79 Å². The molecule has 0 spiro atoms. The lowest BCUT2D eigenvalue weighted by Crippen LogP contribution is -2.46. The zero-order valence-electron chi connectivity index (χ0n) is 14.9. The summed E-state index contributed by atoms with van der Waals surface area (Å²) in [5.74, 6) is -0.625. The van der Waals surface area contributed by atoms with Crippen molar-refractivity contribution in [2.75, 3.05) is 7.11 Å². The van der Waals surface area contributed by atoms with Crippen molar-refractivity contribution in [2.45, 2.75) is 12.5 Å². The lowest BCUT2D eigenvalue weighted by atomic mass is 10.0. The summed E-state index contributed by atoms with van der Waals surface area (Å²) >= 11 is 3.30. The van der Waals surface area contributed by atoms with Crippen molar-refractivity contribution in [1.29, 1.82) is 0 Å². The van der Waals surface area contributed by atoms with Crippen LogP contribution in [0.4, 0.5) is 0 Å². The zero-order chi connectivity index (χ0) is 20.3. The van der Waals surface area contributed by atoms with Crippen LogP contribution >= 0.6 is 15.9 Å². The average Bonchev–Trinajstić information content (AvgIpc) is 2.66. The lowest BCUT2D eigenvalue weighted by molar-refractivity contribution is -0.119. The second-order valence-electron chi connectivity index (χ2n) is 6.10. The highest BCUT2D eigenvalue weighted by atomic mass is 79.9. The number of nitrogens with one attached hydrogen (secondary N) is 1. The van der Waals surface area contributed by atoms with Gasteiger partial charge < -0.3 is 20.2 Å². The van der Waals surface area contributed by atoms with Gasteiger partial charge in [0.25, 0.3) is 5.91 Å². The van der Waals surface area contributed by atoms with Crippen LogP contribution in [0.15, 0.2) is 62.2 Å². The number of ether oxygens (including phenoxy) is 1. The van der Waals surface area contributed by atoms with E-state index in [9.17, 15) is 14.4 Å². The standard InChI is InChI=1S/C20H17BrN2O5/c1-27-14-5-6-15-12(9-18(24)28-17(15)10-14)8-16(19(22)25)23-20(26)11-3-2-4-13(21)7-11/h2-7,9-10,16H,8H2,1H3,(H2,22,25)(H,23,26)/t16-/m0/s1. The van der Waals surface area contributed by atoms with Crippen LogP contribution in [0.3, 0.4) is 0 Å². The number of methoxy groups -OCH3 is 1. The van der Waals surface area contributed by atoms with E-state index in [-0.39, 0.29) is 6.42 Å². The molecule has 0 saturated heterocycles. The number of primary amides is 1. The van der Waals surface area contributed by atoms with E-state index in [1.165, 1.54) is 13.2 Å². The molecule has 0 radical (unpaired) electrons. The average molecular weight is 445 g/mol. The van der Waals surface area contributed by atoms with E-state index in [0.29, 0.717) is 27.8 Å². The number of nitrogens with two attached hydrogens (primary N) is 1. The van der Waals surface area contributed by atoms with Crippen LogP contribution in [0.1, 0.15) is 15.9 Å². The Hall–Kier alpha value is -3.13. The predicted octanol–water partition coefficient (Wildman–Crippen LogP) is 2.39. The van der Waals surface area contributed by atoms with Crippen LogP contribution in [0.5, 0.6) is 5.75 Å². The predicted molar refractivity (Wildman–Crippen MR) is 107 cm³/mol. The number of hydrogen-bond acceptors (Lipinski definition) is 5. The van der Waals surface area contributed by atoms with Crippen LogP contribution in [-0.2, 0) is 11.2 Å². The van der Waals surface area contributed by atoms with E-state index in [4.69, 9.17) is 14.9 Å². The van der Waals surface area contributed by atoms with Crippen molar-refractivity contribution in [1.82, 2.24) is 5.32 Å². The van der Waals surface area contributed by atoms with Gasteiger partial charge in [0.05, 0.1) is 7.11 Å². The molecule has 3 rings (SSSR count). The molecule has 0 saturated carbocycles. The van der Waals surface area contributed by atoms with E-state index in [0.717, 1.165) is 4.47 Å². The molecule has 8 heteroatoms. The summed E-state index contributed by atoms with van der Waals surface area (Å²) in [5.41, 5.74) is 6.15. The summed E-state index contributed by atoms with van der Waals surface area (Å²) in [6.45, 7) is 0. The molecule has 0 aliphatic carbocycles. The molecule has 0 bridgehead atoms. The topological polar surface area (TPSA) is 112 Å². The van der Waals surface area contributed by atoms with Gasteiger partial charge in [0.1, 0.15) is 17.4 Å². The van der Waals surface area contributed by atoms with Crippen molar-refractivity contribution in [3.8, 4) is 5.75 Å². The van der Waals surface area contributed by atoms with E-state index in [1.807, 2.05) is 0 Å². The first-order valence-corrected chi connectivity index (χ1v) is 9.13. The van der Waals surface area contributed by atoms with E-state index in [1.54, 1.807) is 42.5 Å². The number of hydrogen-bond donors (Lipinski definition) is 2. The molecule has 0 unspecified atom stereocenters. The van der Waals surface area contributed by atoms with Crippen LogP contribution in [-0.4, -0.2) is 25.0 Å². The lowest BCUT2D eigenvalue weighted by Gasteiger charge is -2.16. The van der Waals surface area contributed by atoms with Crippen molar-refractivity contribution < 1.29 is 18.7 Å². The first kappa shape index (κ1) is 19.6. The van der Waals surface area contributed by atoms with Crippen molar-refractivity contribution in [3.63, 3.8) is 0 Å². The highest BCUT2D eigenvalue weighted by Gasteiger charge is 2.21. The maximum absolute atomic E-state index is 12.5. The van der Waals surface area contributed by atoms with Gasteiger partial charge in [-0.3, -0.25) is 9.59 Å². The molecule has 28 heavy (non-hydrogen) atoms. The molecule has 2 amide bonds. The molecule has 3 aromatic rings. The Morgan fingerprint density at radius 1 is 1.21 bits per heavy atom. The zero-order valence-corrected chi connectivity index (χ0v) is 16.5. The highest BCUT2D eigenvalue weighted by Crippen LogP contribution is 2.23. The Bertz CT molecular complexity index is 1110. The number of benzene rings is 2. The summed E-state index contributed by atoms with van der Waals surface area (Å²) in [7, 11) is 1.50. The van der Waals surface area contributed by atoms with Crippen molar-refractivity contribution >= 4 is 38.7 Å². The van der Waals surface area contributed by atoms with Crippen molar-refractivity contribution in [3.05, 3.63) is 74.6 Å². The third-order valence-corrected chi connectivity index (χ3v) is 4.69. The number of carbonyl (C=O) groups is 2. The van der Waals surface area contributed by atoms with E-state index < -0.39 is 23.5 Å². The van der Waals surface area contributed by atoms with Crippen LogP contribution < -0.4 is 21.4 Å². The maximum atomic E-state index is 12.5. The van der Waals surface area contributed by atoms with E-state index in [2.05, 4.69) is 21.2 Å². The van der Waals surface area contributed by atoms with Gasteiger partial charge >= 0.3 is 5.63 Å². The second kappa shape index (κ2) is 8.26. The van der Waals surface area contributed by atoms with E-state index >= 15 is 0 Å². The fourth-order valence-electron chi connectivity index (χ4n) is 2.82. The minimum absolute atomic E-state index is 0.0451. The molecule has 0 aliphatic heterocycles. The molecular formula is C20H17BrN2O5.